The van der Waals surface area contributed by atoms with Gasteiger partial charge in [0.15, 0.2) is 0 Å². The van der Waals surface area contributed by atoms with Crippen LogP contribution >= 0.6 is 0 Å². The average molecular weight is 232 g/mol. The van der Waals surface area contributed by atoms with Crippen molar-refractivity contribution in [2.75, 3.05) is 5.43 Å². The van der Waals surface area contributed by atoms with Gasteiger partial charge >= 0.3 is 0 Å². The molecule has 0 unspecified atom stereocenters. The van der Waals surface area contributed by atoms with Crippen molar-refractivity contribution in [2.24, 2.45) is 5.84 Å². The summed E-state index contributed by atoms with van der Waals surface area (Å²) in [5.74, 6) is 5.63. The summed E-state index contributed by atoms with van der Waals surface area (Å²) in [6.07, 6.45) is 4.81. The normalized spacial score (nSPS) is 9.94. The van der Waals surface area contributed by atoms with Gasteiger partial charge in [-0.3, -0.25) is 10.6 Å². The second kappa shape index (κ2) is 5.08. The largest absolute Gasteiger partial charge is 0.347 e. The molecule has 0 fully saturated rings. The van der Waals surface area contributed by atoms with Crippen LogP contribution in [-0.2, 0) is 6.54 Å². The lowest BCUT2D eigenvalue weighted by Gasteiger charge is -2.03. The Bertz CT molecular complexity index is 478. The molecule has 0 aromatic carbocycles. The molecule has 2 rings (SSSR count). The minimum Gasteiger partial charge on any atom is -0.347 e. The number of imidazole rings is 1. The molecule has 0 aliphatic heterocycles. The van der Waals surface area contributed by atoms with Gasteiger partial charge in [-0.05, 0) is 12.1 Å². The zero-order chi connectivity index (χ0) is 12.1. The van der Waals surface area contributed by atoms with Crippen molar-refractivity contribution < 1.29 is 4.79 Å². The van der Waals surface area contributed by atoms with E-state index in [1.807, 2.05) is 0 Å². The first-order valence-corrected chi connectivity index (χ1v) is 4.98. The molecule has 2 aromatic heterocycles. The molecule has 7 heteroatoms. The first-order chi connectivity index (χ1) is 8.29. The Hall–Kier alpha value is -2.41. The Kier molecular flexibility index (Phi) is 3.31. The topological polar surface area (TPSA) is 109 Å². The van der Waals surface area contributed by atoms with Crippen molar-refractivity contribution in [3.05, 3.63) is 42.2 Å². The van der Waals surface area contributed by atoms with E-state index in [2.05, 4.69) is 25.7 Å². The van der Waals surface area contributed by atoms with Crippen molar-refractivity contribution in [1.82, 2.24) is 20.3 Å². The molecule has 17 heavy (non-hydrogen) atoms. The van der Waals surface area contributed by atoms with Gasteiger partial charge in [0.05, 0.1) is 18.4 Å². The quantitative estimate of drug-likeness (QED) is 0.439. The highest BCUT2D eigenvalue weighted by Gasteiger charge is 2.06. The number of nitrogens with two attached hydrogens (primary N) is 1. The highest BCUT2D eigenvalue weighted by atomic mass is 16.1. The number of carbonyl (C=O) groups is 1. The molecule has 88 valence electrons. The SMILES string of the molecule is NNc1ccc(C(=O)NCc2ncc[nH]2)nc1. The molecule has 0 atom stereocenters. The number of nitrogens with one attached hydrogen (secondary N) is 3. The molecule has 0 bridgehead atoms. The summed E-state index contributed by atoms with van der Waals surface area (Å²) < 4.78 is 0. The van der Waals surface area contributed by atoms with Gasteiger partial charge in [-0.15, -0.1) is 0 Å². The Morgan fingerprint density at radius 3 is 2.88 bits per heavy atom. The second-order valence-electron chi connectivity index (χ2n) is 3.29. The van der Waals surface area contributed by atoms with Crippen LogP contribution in [0.25, 0.3) is 0 Å². The molecule has 0 saturated heterocycles. The number of hydrazine groups is 1. The van der Waals surface area contributed by atoms with Crippen molar-refractivity contribution in [3.8, 4) is 0 Å². The fourth-order valence-electron chi connectivity index (χ4n) is 1.26. The van der Waals surface area contributed by atoms with E-state index >= 15 is 0 Å². The van der Waals surface area contributed by atoms with E-state index < -0.39 is 0 Å². The molecule has 7 nitrogen and oxygen atoms in total. The van der Waals surface area contributed by atoms with Crippen LogP contribution in [0.4, 0.5) is 5.69 Å². The summed E-state index contributed by atoms with van der Waals surface area (Å²) in [5.41, 5.74) is 3.41. The van der Waals surface area contributed by atoms with Crippen molar-refractivity contribution in [1.29, 1.82) is 0 Å². The van der Waals surface area contributed by atoms with E-state index in [0.717, 1.165) is 0 Å². The van der Waals surface area contributed by atoms with Crippen LogP contribution in [0.1, 0.15) is 16.3 Å². The Labute approximate surface area is 97.4 Å². The lowest BCUT2D eigenvalue weighted by atomic mass is 10.3. The Balaban J connectivity index is 1.95. The van der Waals surface area contributed by atoms with Gasteiger partial charge in [0.25, 0.3) is 5.91 Å². The molecule has 0 aliphatic rings. The second-order valence-corrected chi connectivity index (χ2v) is 3.29. The van der Waals surface area contributed by atoms with Gasteiger partial charge in [0.1, 0.15) is 11.5 Å². The van der Waals surface area contributed by atoms with Crippen LogP contribution in [0.15, 0.2) is 30.7 Å². The fraction of sp³-hybridized carbons (Fsp3) is 0.100. The van der Waals surface area contributed by atoms with Gasteiger partial charge < -0.3 is 15.7 Å². The number of hydrogen-bond acceptors (Lipinski definition) is 5. The van der Waals surface area contributed by atoms with Crippen LogP contribution in [0.3, 0.4) is 0 Å². The fourth-order valence-corrected chi connectivity index (χ4v) is 1.26. The highest BCUT2D eigenvalue weighted by Crippen LogP contribution is 2.03. The molecule has 5 N–H and O–H groups in total. The molecule has 2 aromatic rings. The summed E-state index contributed by atoms with van der Waals surface area (Å²) in [6.45, 7) is 0.338. The van der Waals surface area contributed by atoms with Crippen LogP contribution in [0, 0.1) is 0 Å². The van der Waals surface area contributed by atoms with Crippen LogP contribution in [0.2, 0.25) is 0 Å². The van der Waals surface area contributed by atoms with E-state index in [9.17, 15) is 4.79 Å². The lowest BCUT2D eigenvalue weighted by molar-refractivity contribution is 0.0945. The number of hydrogen-bond donors (Lipinski definition) is 4. The van der Waals surface area contributed by atoms with Crippen molar-refractivity contribution >= 4 is 11.6 Å². The van der Waals surface area contributed by atoms with Crippen molar-refractivity contribution in [2.45, 2.75) is 6.54 Å². The summed E-state index contributed by atoms with van der Waals surface area (Å²) in [6, 6.07) is 3.27. The van der Waals surface area contributed by atoms with Crippen LogP contribution in [0.5, 0.6) is 0 Å². The predicted molar refractivity (Wildman–Crippen MR) is 61.8 cm³/mol. The van der Waals surface area contributed by atoms with Gasteiger partial charge in [0, 0.05) is 12.4 Å². The molecule has 0 aliphatic carbocycles. The Morgan fingerprint density at radius 2 is 2.29 bits per heavy atom. The molecule has 2 heterocycles. The number of aromatic nitrogens is 3. The van der Waals surface area contributed by atoms with Gasteiger partial charge in [-0.2, -0.15) is 0 Å². The maximum atomic E-state index is 11.7. The maximum Gasteiger partial charge on any atom is 0.270 e. The number of rotatable bonds is 4. The summed E-state index contributed by atoms with van der Waals surface area (Å²) in [5, 5.41) is 2.69. The number of nitrogens with zero attached hydrogens (tertiary/aromatic N) is 2. The lowest BCUT2D eigenvalue weighted by Crippen LogP contribution is -2.24. The van der Waals surface area contributed by atoms with E-state index in [0.29, 0.717) is 23.8 Å². The smallest absolute Gasteiger partial charge is 0.270 e. The van der Waals surface area contributed by atoms with Crippen LogP contribution < -0.4 is 16.6 Å². The third-order valence-electron chi connectivity index (χ3n) is 2.13. The van der Waals surface area contributed by atoms with E-state index in [-0.39, 0.29) is 5.91 Å². The zero-order valence-corrected chi connectivity index (χ0v) is 8.97. The maximum absolute atomic E-state index is 11.7. The molecule has 0 spiro atoms. The van der Waals surface area contributed by atoms with E-state index in [4.69, 9.17) is 5.84 Å². The summed E-state index contributed by atoms with van der Waals surface area (Å²) in [7, 11) is 0. The van der Waals surface area contributed by atoms with Gasteiger partial charge in [0.2, 0.25) is 0 Å². The third-order valence-corrected chi connectivity index (χ3v) is 2.13. The third kappa shape index (κ3) is 2.79. The molecule has 1 amide bonds. The minimum atomic E-state index is -0.259. The standard InChI is InChI=1S/C10H12N6O/c11-16-7-1-2-8(14-5-7)10(17)15-6-9-12-3-4-13-9/h1-5,16H,6,11H2,(H,12,13)(H,15,17). The zero-order valence-electron chi connectivity index (χ0n) is 8.97. The number of nitrogen functional groups attached to an aromatic ring is 1. The van der Waals surface area contributed by atoms with Crippen LogP contribution in [-0.4, -0.2) is 20.9 Å². The number of pyridine rings is 1. The molecule has 0 radical (unpaired) electrons. The number of carbonyl (C=O) groups excluding carboxylic acids is 1. The number of anilines is 1. The average Bonchev–Trinajstić information content (AvgIpc) is 2.89. The van der Waals surface area contributed by atoms with Gasteiger partial charge in [-0.1, -0.05) is 0 Å². The van der Waals surface area contributed by atoms with E-state index in [1.165, 1.54) is 6.20 Å². The predicted octanol–water partition coefficient (Wildman–Crippen LogP) is 0.0203. The number of aromatic amines is 1. The summed E-state index contributed by atoms with van der Waals surface area (Å²) in [4.78, 5) is 22.5. The monoisotopic (exact) mass is 232 g/mol. The first kappa shape index (κ1) is 11.1. The van der Waals surface area contributed by atoms with E-state index in [1.54, 1.807) is 24.5 Å². The van der Waals surface area contributed by atoms with Gasteiger partial charge in [-0.25, -0.2) is 9.97 Å². The molecular formula is C10H12N6O. The molecular weight excluding hydrogens is 220 g/mol. The highest BCUT2D eigenvalue weighted by molar-refractivity contribution is 5.92. The van der Waals surface area contributed by atoms with Crippen molar-refractivity contribution in [3.63, 3.8) is 0 Å². The number of H-pyrrole nitrogens is 1. The number of amides is 1. The molecule has 0 saturated carbocycles. The summed E-state index contributed by atoms with van der Waals surface area (Å²) >= 11 is 0. The minimum absolute atomic E-state index is 0.259. The first-order valence-electron chi connectivity index (χ1n) is 4.98. The Morgan fingerprint density at radius 1 is 1.41 bits per heavy atom.